The number of anilines is 1. The van der Waals surface area contributed by atoms with Crippen molar-refractivity contribution in [2.45, 2.75) is 38.3 Å². The Morgan fingerprint density at radius 1 is 0.906 bits per heavy atom. The van der Waals surface area contributed by atoms with E-state index in [1.807, 2.05) is 70.2 Å². The van der Waals surface area contributed by atoms with Gasteiger partial charge in [-0.3, -0.25) is 0 Å². The number of benzene rings is 3. The maximum atomic E-state index is 13.4. The number of nitrogens with zero attached hydrogens (tertiary/aromatic N) is 1. The molecule has 0 radical (unpaired) electrons. The van der Waals surface area contributed by atoms with E-state index >= 15 is 0 Å². The molecule has 0 bridgehead atoms. The average molecular weight is 463 g/mol. The van der Waals surface area contributed by atoms with E-state index in [0.29, 0.717) is 10.8 Å². The molecule has 164 valence electrons. The molecule has 32 heavy (non-hydrogen) atoms. The minimum Gasteiger partial charge on any atom is -0.348 e. The van der Waals surface area contributed by atoms with Gasteiger partial charge in [-0.2, -0.15) is 5.26 Å². The van der Waals surface area contributed by atoms with Crippen molar-refractivity contribution in [2.24, 2.45) is 0 Å². The predicted octanol–water partition coefficient (Wildman–Crippen LogP) is 6.43. The zero-order valence-electron chi connectivity index (χ0n) is 18.6. The number of hydrogen-bond acceptors (Lipinski definition) is 5. The molecule has 3 aromatic rings. The van der Waals surface area contributed by atoms with Crippen LogP contribution in [0.25, 0.3) is 0 Å². The molecule has 1 N–H and O–H groups in total. The van der Waals surface area contributed by atoms with Gasteiger partial charge in [0.05, 0.1) is 4.90 Å². The zero-order valence-corrected chi connectivity index (χ0v) is 20.3. The van der Waals surface area contributed by atoms with Crippen molar-refractivity contribution in [3.63, 3.8) is 0 Å². The fraction of sp³-hybridized carbons (Fsp3) is 0.192. The quantitative estimate of drug-likeness (QED) is 0.410. The molecule has 0 heterocycles. The Hall–Kier alpha value is -3.01. The van der Waals surface area contributed by atoms with Crippen LogP contribution in [0.15, 0.2) is 81.6 Å². The first-order valence-electron chi connectivity index (χ1n) is 10.2. The summed E-state index contributed by atoms with van der Waals surface area (Å²) in [5.74, 6) is 0.536. The summed E-state index contributed by atoms with van der Waals surface area (Å²) in [5.41, 5.74) is 6.13. The summed E-state index contributed by atoms with van der Waals surface area (Å²) in [7, 11) is -3.98. The summed E-state index contributed by atoms with van der Waals surface area (Å²) in [6, 6.07) is 22.1. The predicted molar refractivity (Wildman–Crippen MR) is 133 cm³/mol. The van der Waals surface area contributed by atoms with Gasteiger partial charge in [0, 0.05) is 11.4 Å². The summed E-state index contributed by atoms with van der Waals surface area (Å²) < 4.78 is 26.7. The summed E-state index contributed by atoms with van der Waals surface area (Å²) >= 11 is 1.33. The van der Waals surface area contributed by atoms with Gasteiger partial charge in [0.1, 0.15) is 11.1 Å². The third kappa shape index (κ3) is 5.24. The smallest absolute Gasteiger partial charge is 0.219 e. The normalized spacial score (nSPS) is 12.1. The Bertz CT molecular complexity index is 1280. The van der Waals surface area contributed by atoms with Crippen LogP contribution in [-0.4, -0.2) is 8.42 Å². The molecule has 4 nitrogen and oxygen atoms in total. The van der Waals surface area contributed by atoms with Gasteiger partial charge in [-0.1, -0.05) is 60.2 Å². The molecule has 0 aliphatic heterocycles. The Morgan fingerprint density at radius 2 is 1.50 bits per heavy atom. The molecular weight excluding hydrogens is 436 g/mol. The second-order valence-electron chi connectivity index (χ2n) is 7.70. The van der Waals surface area contributed by atoms with E-state index in [4.69, 9.17) is 0 Å². The Labute approximate surface area is 194 Å². The van der Waals surface area contributed by atoms with Crippen molar-refractivity contribution < 1.29 is 8.42 Å². The standard InChI is InChI=1S/C26H26N2O2S2/c1-18-14-20(3)25(21(4)15-18)28-26(31-17-22-11-9-8-10-19(22)2)24(16-27)32(29,30)23-12-6-5-7-13-23/h5-15,28H,17H2,1-4H3. The zero-order chi connectivity index (χ0) is 23.3. The van der Waals surface area contributed by atoms with Crippen molar-refractivity contribution in [1.82, 2.24) is 0 Å². The van der Waals surface area contributed by atoms with Gasteiger partial charge < -0.3 is 5.32 Å². The highest BCUT2D eigenvalue weighted by Crippen LogP contribution is 2.34. The first-order valence-corrected chi connectivity index (χ1v) is 12.7. The first-order chi connectivity index (χ1) is 15.2. The Kier molecular flexibility index (Phi) is 7.44. The molecule has 0 spiro atoms. The molecule has 0 aromatic heterocycles. The number of nitrogens with one attached hydrogen (secondary N) is 1. The molecule has 6 heteroatoms. The van der Waals surface area contributed by atoms with Crippen LogP contribution in [-0.2, 0) is 15.6 Å². The molecular formula is C26H26N2O2S2. The number of thioether (sulfide) groups is 1. The SMILES string of the molecule is Cc1cc(C)c(NC(SCc2ccccc2C)=C(C#N)S(=O)(=O)c2ccccc2)c(C)c1. The number of aryl methyl sites for hydroxylation is 4. The largest absolute Gasteiger partial charge is 0.348 e. The van der Waals surface area contributed by atoms with Crippen LogP contribution in [0.5, 0.6) is 0 Å². The second-order valence-corrected chi connectivity index (χ2v) is 10.6. The molecule has 0 aliphatic rings. The van der Waals surface area contributed by atoms with Crippen LogP contribution >= 0.6 is 11.8 Å². The van der Waals surface area contributed by atoms with Crippen LogP contribution in [0, 0.1) is 39.0 Å². The van der Waals surface area contributed by atoms with Crippen molar-refractivity contribution in [1.29, 1.82) is 5.26 Å². The van der Waals surface area contributed by atoms with E-state index < -0.39 is 9.84 Å². The van der Waals surface area contributed by atoms with E-state index in [9.17, 15) is 13.7 Å². The van der Waals surface area contributed by atoms with Crippen LogP contribution in [0.2, 0.25) is 0 Å². The fourth-order valence-corrected chi connectivity index (χ4v) is 6.17. The van der Waals surface area contributed by atoms with Gasteiger partial charge in [0.25, 0.3) is 0 Å². The van der Waals surface area contributed by atoms with Crippen molar-refractivity contribution >= 4 is 27.3 Å². The van der Waals surface area contributed by atoms with E-state index in [1.54, 1.807) is 18.2 Å². The molecule has 3 aromatic carbocycles. The van der Waals surface area contributed by atoms with Gasteiger partial charge in [0.15, 0.2) is 4.91 Å². The molecule has 0 unspecified atom stereocenters. The fourth-order valence-electron chi connectivity index (χ4n) is 3.52. The van der Waals surface area contributed by atoms with E-state index in [2.05, 4.69) is 5.32 Å². The minimum atomic E-state index is -3.98. The molecule has 0 fully saturated rings. The lowest BCUT2D eigenvalue weighted by Gasteiger charge is -2.18. The van der Waals surface area contributed by atoms with E-state index in [0.717, 1.165) is 33.5 Å². The maximum Gasteiger partial charge on any atom is 0.219 e. The van der Waals surface area contributed by atoms with Crippen LogP contribution < -0.4 is 5.32 Å². The third-order valence-electron chi connectivity index (χ3n) is 5.18. The summed E-state index contributed by atoms with van der Waals surface area (Å²) in [6.07, 6.45) is 0. The first kappa shape index (κ1) is 23.6. The van der Waals surface area contributed by atoms with Gasteiger partial charge >= 0.3 is 0 Å². The topological polar surface area (TPSA) is 70.0 Å². The van der Waals surface area contributed by atoms with Gasteiger partial charge in [-0.05, 0) is 62.1 Å². The molecule has 0 atom stereocenters. The number of rotatable bonds is 7. The lowest BCUT2D eigenvalue weighted by atomic mass is 10.1. The molecule has 0 saturated heterocycles. The molecule has 0 aliphatic carbocycles. The number of sulfone groups is 1. The maximum absolute atomic E-state index is 13.4. The van der Waals surface area contributed by atoms with Crippen molar-refractivity contribution in [3.05, 3.63) is 104 Å². The molecule has 0 amide bonds. The highest BCUT2D eigenvalue weighted by molar-refractivity contribution is 8.04. The third-order valence-corrected chi connectivity index (χ3v) is 8.08. The molecule has 0 saturated carbocycles. The second kappa shape index (κ2) is 10.1. The van der Waals surface area contributed by atoms with Crippen molar-refractivity contribution in [3.8, 4) is 6.07 Å². The number of allylic oxidation sites excluding steroid dienone is 1. The Morgan fingerprint density at radius 3 is 2.09 bits per heavy atom. The number of nitriles is 1. The Balaban J connectivity index is 2.12. The van der Waals surface area contributed by atoms with Crippen LogP contribution in [0.4, 0.5) is 5.69 Å². The summed E-state index contributed by atoms with van der Waals surface area (Å²) in [4.78, 5) is -0.175. The lowest BCUT2D eigenvalue weighted by Crippen LogP contribution is -2.11. The molecule has 3 rings (SSSR count). The van der Waals surface area contributed by atoms with Gasteiger partial charge in [-0.15, -0.1) is 11.8 Å². The van der Waals surface area contributed by atoms with Crippen LogP contribution in [0.3, 0.4) is 0 Å². The summed E-state index contributed by atoms with van der Waals surface area (Å²) in [5, 5.41) is 13.6. The van der Waals surface area contributed by atoms with Crippen LogP contribution in [0.1, 0.15) is 27.8 Å². The van der Waals surface area contributed by atoms with Gasteiger partial charge in [0.2, 0.25) is 9.84 Å². The average Bonchev–Trinajstić information content (AvgIpc) is 2.76. The highest BCUT2D eigenvalue weighted by atomic mass is 32.2. The summed E-state index contributed by atoms with van der Waals surface area (Å²) in [6.45, 7) is 7.99. The number of hydrogen-bond donors (Lipinski definition) is 1. The monoisotopic (exact) mass is 462 g/mol. The van der Waals surface area contributed by atoms with Crippen molar-refractivity contribution in [2.75, 3.05) is 5.32 Å². The lowest BCUT2D eigenvalue weighted by molar-refractivity contribution is 0.603. The van der Waals surface area contributed by atoms with E-state index in [-0.39, 0.29) is 9.80 Å². The minimum absolute atomic E-state index is 0.102. The van der Waals surface area contributed by atoms with Gasteiger partial charge in [-0.25, -0.2) is 8.42 Å². The van der Waals surface area contributed by atoms with E-state index in [1.165, 1.54) is 23.9 Å². The highest BCUT2D eigenvalue weighted by Gasteiger charge is 2.26.